The summed E-state index contributed by atoms with van der Waals surface area (Å²) in [5.41, 5.74) is 13.8. The van der Waals surface area contributed by atoms with Gasteiger partial charge in [0, 0.05) is 16.5 Å². The molecule has 0 atom stereocenters. The Bertz CT molecular complexity index is 2380. The van der Waals surface area contributed by atoms with Crippen molar-refractivity contribution in [3.8, 4) is 39.3 Å². The van der Waals surface area contributed by atoms with E-state index in [0.717, 1.165) is 61.4 Å². The summed E-state index contributed by atoms with van der Waals surface area (Å²) in [4.78, 5) is 10.4. The van der Waals surface area contributed by atoms with Crippen LogP contribution in [0.4, 0.5) is 0 Å². The summed E-state index contributed by atoms with van der Waals surface area (Å²) in [6.45, 7) is 11.2. The fraction of sp³-hybridized carbons (Fsp3) is 0.163. The SMILES string of the molecule is Cc1ccc2nc(-c3cccc4c3oc3cc(-c5ccccc5)ccc34)n(-c3c(C(C)C)cc(-c4ccccc4)cc3C(C)C)c2n1. The van der Waals surface area contributed by atoms with Crippen LogP contribution in [0.1, 0.15) is 56.4 Å². The predicted octanol–water partition coefficient (Wildman–Crippen LogP) is 11.9. The Morgan fingerprint density at radius 3 is 1.89 bits per heavy atom. The van der Waals surface area contributed by atoms with Gasteiger partial charge >= 0.3 is 0 Å². The molecule has 0 aliphatic rings. The second-order valence-corrected chi connectivity index (χ2v) is 13.1. The average Bonchev–Trinajstić information content (AvgIpc) is 3.66. The van der Waals surface area contributed by atoms with E-state index in [2.05, 4.69) is 141 Å². The van der Waals surface area contributed by atoms with Gasteiger partial charge in [0.15, 0.2) is 11.5 Å². The Labute approximate surface area is 275 Å². The Kier molecular flexibility index (Phi) is 7.02. The van der Waals surface area contributed by atoms with Crippen LogP contribution in [0.2, 0.25) is 0 Å². The van der Waals surface area contributed by atoms with E-state index in [1.54, 1.807) is 0 Å². The lowest BCUT2D eigenvalue weighted by Crippen LogP contribution is -2.10. The minimum Gasteiger partial charge on any atom is -0.455 e. The number of fused-ring (bicyclic) bond motifs is 4. The summed E-state index contributed by atoms with van der Waals surface area (Å²) < 4.78 is 9.07. The molecule has 0 bridgehead atoms. The zero-order valence-corrected chi connectivity index (χ0v) is 27.5. The van der Waals surface area contributed by atoms with Crippen molar-refractivity contribution in [2.45, 2.75) is 46.5 Å². The summed E-state index contributed by atoms with van der Waals surface area (Å²) in [6.07, 6.45) is 0. The number of benzene rings is 5. The van der Waals surface area contributed by atoms with E-state index in [1.165, 1.54) is 27.8 Å². The van der Waals surface area contributed by atoms with Crippen LogP contribution in [0.15, 0.2) is 126 Å². The van der Waals surface area contributed by atoms with Gasteiger partial charge in [0.1, 0.15) is 16.7 Å². The van der Waals surface area contributed by atoms with Crippen LogP contribution in [0.25, 0.3) is 72.4 Å². The number of aromatic nitrogens is 3. The van der Waals surface area contributed by atoms with Gasteiger partial charge in [0.2, 0.25) is 0 Å². The Morgan fingerprint density at radius 1 is 0.574 bits per heavy atom. The van der Waals surface area contributed by atoms with Crippen molar-refractivity contribution in [3.05, 3.63) is 138 Å². The van der Waals surface area contributed by atoms with Gasteiger partial charge in [0.25, 0.3) is 0 Å². The van der Waals surface area contributed by atoms with Crippen LogP contribution < -0.4 is 0 Å². The molecule has 5 aromatic carbocycles. The van der Waals surface area contributed by atoms with Gasteiger partial charge in [-0.2, -0.15) is 0 Å². The van der Waals surface area contributed by atoms with E-state index in [4.69, 9.17) is 14.4 Å². The molecule has 0 unspecified atom stereocenters. The summed E-state index contributed by atoms with van der Waals surface area (Å²) >= 11 is 0. The molecule has 0 aliphatic heterocycles. The highest BCUT2D eigenvalue weighted by Crippen LogP contribution is 2.42. The fourth-order valence-corrected chi connectivity index (χ4v) is 6.84. The van der Waals surface area contributed by atoms with Gasteiger partial charge in [-0.1, -0.05) is 107 Å². The number of imidazole rings is 1. The third-order valence-electron chi connectivity index (χ3n) is 9.23. The number of nitrogens with zero attached hydrogens (tertiary/aromatic N) is 3. The topological polar surface area (TPSA) is 43.9 Å². The van der Waals surface area contributed by atoms with Crippen LogP contribution in [0.5, 0.6) is 0 Å². The summed E-state index contributed by atoms with van der Waals surface area (Å²) in [7, 11) is 0. The van der Waals surface area contributed by atoms with Gasteiger partial charge in [-0.25, -0.2) is 9.97 Å². The highest BCUT2D eigenvalue weighted by molar-refractivity contribution is 6.10. The minimum absolute atomic E-state index is 0.264. The number of para-hydroxylation sites is 1. The molecule has 230 valence electrons. The largest absolute Gasteiger partial charge is 0.455 e. The van der Waals surface area contributed by atoms with Crippen molar-refractivity contribution in [3.63, 3.8) is 0 Å². The molecule has 0 radical (unpaired) electrons. The molecule has 0 aliphatic carbocycles. The third kappa shape index (κ3) is 4.92. The standard InChI is InChI=1S/C43H37N3O/c1-26(2)36-23-32(30-15-10-7-11-16-30)24-37(27(3)4)40(36)46-42(45-38-22-19-28(5)44-43(38)46)35-18-12-17-34-33-21-20-31(25-39(33)47-41(34)35)29-13-8-6-9-14-29/h6-27H,1-5H3. The van der Waals surface area contributed by atoms with Gasteiger partial charge in [0.05, 0.1) is 11.3 Å². The molecule has 8 aromatic rings. The van der Waals surface area contributed by atoms with Gasteiger partial charge in [-0.05, 0) is 94.6 Å². The molecule has 0 saturated carbocycles. The molecule has 4 heteroatoms. The minimum atomic E-state index is 0.264. The van der Waals surface area contributed by atoms with Crippen molar-refractivity contribution in [2.24, 2.45) is 0 Å². The van der Waals surface area contributed by atoms with Crippen LogP contribution in [-0.4, -0.2) is 14.5 Å². The molecule has 0 spiro atoms. The van der Waals surface area contributed by atoms with Crippen LogP contribution in [-0.2, 0) is 0 Å². The second-order valence-electron chi connectivity index (χ2n) is 13.1. The molecule has 0 amide bonds. The van der Waals surface area contributed by atoms with E-state index in [0.29, 0.717) is 0 Å². The number of rotatable bonds is 6. The van der Waals surface area contributed by atoms with Crippen molar-refractivity contribution < 1.29 is 4.42 Å². The summed E-state index contributed by atoms with van der Waals surface area (Å²) in [6, 6.07) is 42.9. The normalized spacial score (nSPS) is 11.9. The van der Waals surface area contributed by atoms with Crippen molar-refractivity contribution in [1.82, 2.24) is 14.5 Å². The lowest BCUT2D eigenvalue weighted by atomic mass is 9.88. The molecule has 47 heavy (non-hydrogen) atoms. The van der Waals surface area contributed by atoms with Crippen LogP contribution >= 0.6 is 0 Å². The number of pyridine rings is 1. The molecule has 3 heterocycles. The Morgan fingerprint density at radius 2 is 1.23 bits per heavy atom. The van der Waals surface area contributed by atoms with Gasteiger partial charge < -0.3 is 4.42 Å². The van der Waals surface area contributed by atoms with Crippen molar-refractivity contribution in [1.29, 1.82) is 0 Å². The lowest BCUT2D eigenvalue weighted by molar-refractivity contribution is 0.669. The predicted molar refractivity (Wildman–Crippen MR) is 195 cm³/mol. The number of aryl methyl sites for hydroxylation is 1. The first-order valence-corrected chi connectivity index (χ1v) is 16.5. The lowest BCUT2D eigenvalue weighted by Gasteiger charge is -2.24. The van der Waals surface area contributed by atoms with Gasteiger partial charge in [-0.3, -0.25) is 4.57 Å². The second kappa shape index (κ2) is 11.4. The maximum absolute atomic E-state index is 6.77. The monoisotopic (exact) mass is 611 g/mol. The molecular weight excluding hydrogens is 574 g/mol. The molecule has 4 nitrogen and oxygen atoms in total. The first-order chi connectivity index (χ1) is 22.9. The van der Waals surface area contributed by atoms with Crippen LogP contribution in [0, 0.1) is 6.92 Å². The van der Waals surface area contributed by atoms with Crippen molar-refractivity contribution >= 4 is 33.1 Å². The molecule has 0 N–H and O–H groups in total. The smallest absolute Gasteiger partial charge is 0.165 e. The molecule has 3 aromatic heterocycles. The zero-order valence-electron chi connectivity index (χ0n) is 27.5. The van der Waals surface area contributed by atoms with Crippen molar-refractivity contribution in [2.75, 3.05) is 0 Å². The fourth-order valence-electron chi connectivity index (χ4n) is 6.84. The average molecular weight is 612 g/mol. The van der Waals surface area contributed by atoms with Crippen LogP contribution in [0.3, 0.4) is 0 Å². The Balaban J connectivity index is 1.43. The first kappa shape index (κ1) is 29.0. The first-order valence-electron chi connectivity index (χ1n) is 16.5. The van der Waals surface area contributed by atoms with E-state index in [9.17, 15) is 0 Å². The summed E-state index contributed by atoms with van der Waals surface area (Å²) in [5, 5.41) is 2.17. The van der Waals surface area contributed by atoms with E-state index in [-0.39, 0.29) is 11.8 Å². The highest BCUT2D eigenvalue weighted by atomic mass is 16.3. The number of furan rings is 1. The number of hydrogen-bond donors (Lipinski definition) is 0. The highest BCUT2D eigenvalue weighted by Gasteiger charge is 2.26. The van der Waals surface area contributed by atoms with E-state index >= 15 is 0 Å². The Hall–Kier alpha value is -5.48. The number of hydrogen-bond acceptors (Lipinski definition) is 3. The molecule has 0 fully saturated rings. The van der Waals surface area contributed by atoms with Gasteiger partial charge in [-0.15, -0.1) is 0 Å². The third-order valence-corrected chi connectivity index (χ3v) is 9.23. The van der Waals surface area contributed by atoms with E-state index < -0.39 is 0 Å². The molecular formula is C43H37N3O. The molecule has 0 saturated heterocycles. The summed E-state index contributed by atoms with van der Waals surface area (Å²) in [5.74, 6) is 1.36. The molecule has 8 rings (SSSR count). The maximum atomic E-state index is 6.77. The zero-order chi connectivity index (χ0) is 32.2. The maximum Gasteiger partial charge on any atom is 0.165 e. The quantitative estimate of drug-likeness (QED) is 0.188. The van der Waals surface area contributed by atoms with E-state index in [1.807, 2.05) is 19.1 Å².